The lowest BCUT2D eigenvalue weighted by molar-refractivity contribution is -0.120. The predicted octanol–water partition coefficient (Wildman–Crippen LogP) is 0.120. The van der Waals surface area contributed by atoms with Gasteiger partial charge in [0.15, 0.2) is 0 Å². The third-order valence-corrected chi connectivity index (χ3v) is 0.935. The zero-order chi connectivity index (χ0) is 6.41. The maximum absolute atomic E-state index is 10.4. The molecule has 9 heavy (non-hydrogen) atoms. The van der Waals surface area contributed by atoms with Crippen LogP contribution < -0.4 is 0 Å². The minimum atomic E-state index is 0. The van der Waals surface area contributed by atoms with Gasteiger partial charge in [0.1, 0.15) is 12.1 Å². The Morgan fingerprint density at radius 1 is 1.56 bits per heavy atom. The number of rotatable bonds is 4. The van der Waals surface area contributed by atoms with E-state index in [0.29, 0.717) is 19.3 Å². The number of hydrogen-bond donors (Lipinski definition) is 0. The molecule has 0 bridgehead atoms. The van der Waals surface area contributed by atoms with E-state index in [0.717, 1.165) is 6.29 Å². The second-order valence-electron chi connectivity index (χ2n) is 1.60. The van der Waals surface area contributed by atoms with Crippen LogP contribution in [0.15, 0.2) is 0 Å². The van der Waals surface area contributed by atoms with Crippen molar-refractivity contribution in [1.29, 1.82) is 0 Å². The van der Waals surface area contributed by atoms with Crippen LogP contribution in [0.5, 0.6) is 0 Å². The summed E-state index contributed by atoms with van der Waals surface area (Å²) in [6.07, 6.45) is 2.12. The first-order chi connectivity index (χ1) is 3.81. The monoisotopic (exact) mass is 132 g/mol. The highest BCUT2D eigenvalue weighted by molar-refractivity contribution is 5.79. The molecule has 0 saturated carbocycles. The predicted molar refractivity (Wildman–Crippen MR) is 34.2 cm³/mol. The Labute approximate surface area is 54.4 Å². The van der Waals surface area contributed by atoms with Gasteiger partial charge in [0.05, 0.1) is 0 Å². The van der Waals surface area contributed by atoms with Crippen molar-refractivity contribution in [3.05, 3.63) is 0 Å². The maximum Gasteiger partial charge on any atom is 0.133 e. The first-order valence-electron chi connectivity index (χ1n) is 2.76. The highest BCUT2D eigenvalue weighted by atomic mass is 16.1. The lowest BCUT2D eigenvalue weighted by atomic mass is 10.2. The topological polar surface area (TPSA) is 65.6 Å². The Hall–Kier alpha value is -0.700. The highest BCUT2D eigenvalue weighted by Crippen LogP contribution is 1.89. The summed E-state index contributed by atoms with van der Waals surface area (Å²) in [6.45, 7) is 1.80. The number of aldehydes is 1. The average molecular weight is 132 g/mol. The third kappa shape index (κ3) is 7.30. The van der Waals surface area contributed by atoms with Gasteiger partial charge in [-0.25, -0.2) is 0 Å². The Bertz CT molecular complexity index is 88.3. The van der Waals surface area contributed by atoms with Gasteiger partial charge in [0, 0.05) is 19.3 Å². The molecule has 2 N–H and O–H groups in total. The fraction of sp³-hybridized carbons (Fsp3) is 0.667. The smallest absolute Gasteiger partial charge is 0.133 e. The standard InChI is InChI=1S/C6H10O2.H2O/c1-2-6(8)4-3-5-7;/h5H,2-4H2,1H3;1H2. The molecule has 0 aromatic heterocycles. The van der Waals surface area contributed by atoms with E-state index in [9.17, 15) is 9.59 Å². The quantitative estimate of drug-likeness (QED) is 0.510. The molecule has 0 radical (unpaired) electrons. The summed E-state index contributed by atoms with van der Waals surface area (Å²) in [5, 5.41) is 0. The van der Waals surface area contributed by atoms with Gasteiger partial charge in [-0.05, 0) is 0 Å². The number of carbonyl (C=O) groups is 2. The number of carbonyl (C=O) groups excluding carboxylic acids is 2. The van der Waals surface area contributed by atoms with Crippen LogP contribution in [0, 0.1) is 0 Å². The van der Waals surface area contributed by atoms with Gasteiger partial charge in [-0.2, -0.15) is 0 Å². The van der Waals surface area contributed by atoms with Crippen molar-refractivity contribution in [2.75, 3.05) is 0 Å². The van der Waals surface area contributed by atoms with Crippen molar-refractivity contribution in [3.8, 4) is 0 Å². The summed E-state index contributed by atoms with van der Waals surface area (Å²) in [7, 11) is 0. The molecule has 0 saturated heterocycles. The summed E-state index contributed by atoms with van der Waals surface area (Å²) in [5.41, 5.74) is 0. The SMILES string of the molecule is CCC(=O)CCC=O.O. The lowest BCUT2D eigenvalue weighted by Crippen LogP contribution is -1.93. The lowest BCUT2D eigenvalue weighted by Gasteiger charge is -1.86. The fourth-order valence-electron chi connectivity index (χ4n) is 0.397. The number of Topliss-reactive ketones (excluding diaryl/α,β-unsaturated/α-hetero) is 1. The first kappa shape index (κ1) is 11.1. The number of ketones is 1. The average Bonchev–Trinajstić information content (AvgIpc) is 1.83. The normalized spacial score (nSPS) is 7.67. The highest BCUT2D eigenvalue weighted by Gasteiger charge is 1.93. The molecule has 0 heterocycles. The molecule has 0 fully saturated rings. The van der Waals surface area contributed by atoms with Crippen molar-refractivity contribution in [3.63, 3.8) is 0 Å². The molecule has 0 amide bonds. The molecule has 0 rings (SSSR count). The Kier molecular flexibility index (Phi) is 9.04. The second kappa shape index (κ2) is 7.30. The molecule has 0 aromatic carbocycles. The van der Waals surface area contributed by atoms with E-state index < -0.39 is 0 Å². The van der Waals surface area contributed by atoms with Crippen molar-refractivity contribution >= 4 is 12.1 Å². The zero-order valence-corrected chi connectivity index (χ0v) is 5.52. The fourth-order valence-corrected chi connectivity index (χ4v) is 0.397. The Balaban J connectivity index is 0. The Morgan fingerprint density at radius 3 is 2.44 bits per heavy atom. The minimum absolute atomic E-state index is 0. The van der Waals surface area contributed by atoms with Crippen LogP contribution in [0.1, 0.15) is 26.2 Å². The van der Waals surface area contributed by atoms with Gasteiger partial charge >= 0.3 is 0 Å². The molecule has 54 valence electrons. The molecular formula is C6H12O3. The van der Waals surface area contributed by atoms with Crippen LogP contribution in [-0.2, 0) is 9.59 Å². The van der Waals surface area contributed by atoms with Crippen LogP contribution in [0.25, 0.3) is 0 Å². The molecule has 0 spiro atoms. The van der Waals surface area contributed by atoms with Gasteiger partial charge in [0.25, 0.3) is 0 Å². The Morgan fingerprint density at radius 2 is 2.11 bits per heavy atom. The molecule has 0 aliphatic heterocycles. The van der Waals surface area contributed by atoms with E-state index in [2.05, 4.69) is 0 Å². The summed E-state index contributed by atoms with van der Waals surface area (Å²) >= 11 is 0. The van der Waals surface area contributed by atoms with Gasteiger partial charge in [0.2, 0.25) is 0 Å². The summed E-state index contributed by atoms with van der Waals surface area (Å²) in [5.74, 6) is 0.164. The molecule has 0 aliphatic carbocycles. The zero-order valence-electron chi connectivity index (χ0n) is 5.52. The van der Waals surface area contributed by atoms with Gasteiger partial charge in [-0.15, -0.1) is 0 Å². The molecule has 0 atom stereocenters. The first-order valence-corrected chi connectivity index (χ1v) is 2.76. The second-order valence-corrected chi connectivity index (χ2v) is 1.60. The van der Waals surface area contributed by atoms with Gasteiger partial charge in [-0.1, -0.05) is 6.92 Å². The summed E-state index contributed by atoms with van der Waals surface area (Å²) < 4.78 is 0. The van der Waals surface area contributed by atoms with Crippen LogP contribution in [-0.4, -0.2) is 17.5 Å². The van der Waals surface area contributed by atoms with Crippen LogP contribution in [0.3, 0.4) is 0 Å². The van der Waals surface area contributed by atoms with Crippen LogP contribution >= 0.6 is 0 Å². The van der Waals surface area contributed by atoms with Crippen LogP contribution in [0.2, 0.25) is 0 Å². The molecule has 3 nitrogen and oxygen atoms in total. The van der Waals surface area contributed by atoms with E-state index in [1.165, 1.54) is 0 Å². The van der Waals surface area contributed by atoms with E-state index in [1.807, 2.05) is 0 Å². The van der Waals surface area contributed by atoms with Crippen LogP contribution in [0.4, 0.5) is 0 Å². The number of hydrogen-bond acceptors (Lipinski definition) is 2. The van der Waals surface area contributed by atoms with Gasteiger partial charge in [-0.3, -0.25) is 4.79 Å². The summed E-state index contributed by atoms with van der Waals surface area (Å²) in [6, 6.07) is 0. The largest absolute Gasteiger partial charge is 0.412 e. The molecule has 0 aliphatic rings. The van der Waals surface area contributed by atoms with Gasteiger partial charge < -0.3 is 10.3 Å². The molecule has 0 unspecified atom stereocenters. The molecule has 3 heteroatoms. The molecular weight excluding hydrogens is 120 g/mol. The van der Waals surface area contributed by atoms with Crippen molar-refractivity contribution in [2.45, 2.75) is 26.2 Å². The van der Waals surface area contributed by atoms with Crippen molar-refractivity contribution in [1.82, 2.24) is 0 Å². The van der Waals surface area contributed by atoms with E-state index in [-0.39, 0.29) is 11.3 Å². The minimum Gasteiger partial charge on any atom is -0.412 e. The summed E-state index contributed by atoms with van der Waals surface area (Å²) in [4.78, 5) is 20.1. The third-order valence-electron chi connectivity index (χ3n) is 0.935. The van der Waals surface area contributed by atoms with E-state index >= 15 is 0 Å². The van der Waals surface area contributed by atoms with Crippen molar-refractivity contribution < 1.29 is 15.1 Å². The molecule has 0 aromatic rings. The van der Waals surface area contributed by atoms with Crippen molar-refractivity contribution in [2.24, 2.45) is 0 Å². The maximum atomic E-state index is 10.4. The van der Waals surface area contributed by atoms with E-state index in [4.69, 9.17) is 0 Å². The van der Waals surface area contributed by atoms with E-state index in [1.54, 1.807) is 6.92 Å².